The van der Waals surface area contributed by atoms with Crippen LogP contribution in [0.15, 0.2) is 47.4 Å². The molecule has 5 rings (SSSR count). The number of benzene rings is 2. The van der Waals surface area contributed by atoms with Crippen LogP contribution in [0.25, 0.3) is 10.2 Å². The molecule has 3 heterocycles. The minimum absolute atomic E-state index is 0.104. The largest absolute Gasteiger partial charge is 0.326 e. The summed E-state index contributed by atoms with van der Waals surface area (Å²) < 4.78 is 29.3. The molecule has 138 valence electrons. The van der Waals surface area contributed by atoms with Crippen molar-refractivity contribution in [3.8, 4) is 0 Å². The summed E-state index contributed by atoms with van der Waals surface area (Å²) in [6.45, 7) is 0.483. The number of aromatic nitrogens is 1. The Hall–Kier alpha value is -2.29. The van der Waals surface area contributed by atoms with Gasteiger partial charge < -0.3 is 5.32 Å². The number of nitrogens with one attached hydrogen (secondary N) is 1. The number of hydrogen-bond donors (Lipinski definition) is 1. The number of carbonyl (C=O) groups excluding carboxylic acids is 1. The number of thiazole rings is 1. The van der Waals surface area contributed by atoms with E-state index in [4.69, 9.17) is 0 Å². The van der Waals surface area contributed by atoms with Gasteiger partial charge in [0.25, 0.3) is 0 Å². The quantitative estimate of drug-likeness (QED) is 0.733. The van der Waals surface area contributed by atoms with E-state index >= 15 is 0 Å². The highest BCUT2D eigenvalue weighted by molar-refractivity contribution is 7.89. The van der Waals surface area contributed by atoms with Crippen molar-refractivity contribution in [3.63, 3.8) is 0 Å². The summed E-state index contributed by atoms with van der Waals surface area (Å²) in [4.78, 5) is 16.5. The molecule has 8 heteroatoms. The van der Waals surface area contributed by atoms with Gasteiger partial charge in [-0.2, -0.15) is 4.31 Å². The molecule has 1 atom stereocenters. The SMILES string of the molecule is O=C1Cc2cc(S(=O)(=O)N3CCCC3c3nc4ccccc4s3)ccc2N1. The fraction of sp³-hybridized carbons (Fsp3) is 0.263. The molecule has 1 aromatic heterocycles. The first-order valence-corrected chi connectivity index (χ1v) is 11.1. The van der Waals surface area contributed by atoms with E-state index in [-0.39, 0.29) is 23.3 Å². The van der Waals surface area contributed by atoms with Crippen LogP contribution in [0, 0.1) is 0 Å². The minimum atomic E-state index is -3.65. The third-order valence-electron chi connectivity index (χ3n) is 5.11. The van der Waals surface area contributed by atoms with E-state index in [0.29, 0.717) is 12.2 Å². The Balaban J connectivity index is 1.52. The zero-order valence-electron chi connectivity index (χ0n) is 14.4. The smallest absolute Gasteiger partial charge is 0.243 e. The first-order chi connectivity index (χ1) is 13.0. The molecular weight excluding hydrogens is 382 g/mol. The molecule has 2 aromatic carbocycles. The summed E-state index contributed by atoms with van der Waals surface area (Å²) >= 11 is 1.56. The van der Waals surface area contributed by atoms with Crippen molar-refractivity contribution in [2.24, 2.45) is 0 Å². The van der Waals surface area contributed by atoms with E-state index in [2.05, 4.69) is 10.3 Å². The van der Waals surface area contributed by atoms with Gasteiger partial charge in [0.2, 0.25) is 15.9 Å². The topological polar surface area (TPSA) is 79.4 Å². The van der Waals surface area contributed by atoms with Gasteiger partial charge in [0.1, 0.15) is 5.01 Å². The standard InChI is InChI=1S/C19H17N3O3S2/c23-18-11-12-10-13(7-8-14(12)20-18)27(24,25)22-9-3-5-16(22)19-21-15-4-1-2-6-17(15)26-19/h1-2,4,6-8,10,16H,3,5,9,11H2,(H,20,23). The molecule has 0 bridgehead atoms. The monoisotopic (exact) mass is 399 g/mol. The van der Waals surface area contributed by atoms with Crippen molar-refractivity contribution >= 4 is 43.2 Å². The summed E-state index contributed by atoms with van der Waals surface area (Å²) in [6, 6.07) is 12.5. The molecule has 1 N–H and O–H groups in total. The van der Waals surface area contributed by atoms with Gasteiger partial charge in [0.05, 0.1) is 27.6 Å². The lowest BCUT2D eigenvalue weighted by Crippen LogP contribution is -2.30. The van der Waals surface area contributed by atoms with Gasteiger partial charge >= 0.3 is 0 Å². The molecule has 2 aliphatic rings. The highest BCUT2D eigenvalue weighted by atomic mass is 32.2. The molecule has 3 aromatic rings. The number of para-hydroxylation sites is 1. The zero-order valence-corrected chi connectivity index (χ0v) is 16.0. The summed E-state index contributed by atoms with van der Waals surface area (Å²) in [5.41, 5.74) is 2.34. The molecular formula is C19H17N3O3S2. The van der Waals surface area contributed by atoms with Crippen molar-refractivity contribution in [1.82, 2.24) is 9.29 Å². The van der Waals surface area contributed by atoms with E-state index in [9.17, 15) is 13.2 Å². The van der Waals surface area contributed by atoms with Gasteiger partial charge in [-0.25, -0.2) is 13.4 Å². The first kappa shape index (κ1) is 16.9. The van der Waals surface area contributed by atoms with E-state index in [1.54, 1.807) is 33.8 Å². The van der Waals surface area contributed by atoms with Gasteiger partial charge in [0, 0.05) is 12.2 Å². The molecule has 2 aliphatic heterocycles. The lowest BCUT2D eigenvalue weighted by atomic mass is 10.2. The van der Waals surface area contributed by atoms with Crippen molar-refractivity contribution in [2.75, 3.05) is 11.9 Å². The Bertz CT molecular complexity index is 1140. The third kappa shape index (κ3) is 2.75. The highest BCUT2D eigenvalue weighted by Gasteiger charge is 2.38. The summed E-state index contributed by atoms with van der Waals surface area (Å²) in [7, 11) is -3.65. The van der Waals surface area contributed by atoms with E-state index in [0.717, 1.165) is 33.6 Å². The summed E-state index contributed by atoms with van der Waals surface area (Å²) in [5.74, 6) is -0.104. The van der Waals surface area contributed by atoms with Crippen LogP contribution in [-0.2, 0) is 21.2 Å². The second-order valence-corrected chi connectivity index (χ2v) is 9.79. The van der Waals surface area contributed by atoms with Gasteiger partial charge in [-0.3, -0.25) is 4.79 Å². The molecule has 27 heavy (non-hydrogen) atoms. The Morgan fingerprint density at radius 1 is 1.19 bits per heavy atom. The van der Waals surface area contributed by atoms with Gasteiger partial charge in [-0.1, -0.05) is 12.1 Å². The maximum absolute atomic E-state index is 13.3. The molecule has 1 fully saturated rings. The Kier molecular flexibility index (Phi) is 3.82. The maximum atomic E-state index is 13.3. The second-order valence-electron chi connectivity index (χ2n) is 6.84. The number of hydrogen-bond acceptors (Lipinski definition) is 5. The number of sulfonamides is 1. The van der Waals surface area contributed by atoms with Crippen molar-refractivity contribution in [2.45, 2.75) is 30.2 Å². The van der Waals surface area contributed by atoms with Crippen LogP contribution < -0.4 is 5.32 Å². The molecule has 1 saturated heterocycles. The van der Waals surface area contributed by atoms with E-state index < -0.39 is 10.0 Å². The second kappa shape index (κ2) is 6.12. The van der Waals surface area contributed by atoms with Crippen LogP contribution in [0.3, 0.4) is 0 Å². The third-order valence-corrected chi connectivity index (χ3v) is 8.15. The molecule has 0 radical (unpaired) electrons. The first-order valence-electron chi connectivity index (χ1n) is 8.82. The Labute approximate surface area is 160 Å². The van der Waals surface area contributed by atoms with Crippen molar-refractivity contribution < 1.29 is 13.2 Å². The number of carbonyl (C=O) groups is 1. The number of nitrogens with zero attached hydrogens (tertiary/aromatic N) is 2. The number of amides is 1. The molecule has 1 amide bonds. The van der Waals surface area contributed by atoms with E-state index in [1.807, 2.05) is 24.3 Å². The number of anilines is 1. The van der Waals surface area contributed by atoms with Crippen LogP contribution in [0.5, 0.6) is 0 Å². The zero-order chi connectivity index (χ0) is 18.6. The average molecular weight is 399 g/mol. The molecule has 0 aliphatic carbocycles. The summed E-state index contributed by atoms with van der Waals surface area (Å²) in [5, 5.41) is 3.58. The Morgan fingerprint density at radius 2 is 2.04 bits per heavy atom. The lowest BCUT2D eigenvalue weighted by molar-refractivity contribution is -0.115. The van der Waals surface area contributed by atoms with Gasteiger partial charge in [0.15, 0.2) is 0 Å². The van der Waals surface area contributed by atoms with Crippen LogP contribution in [-0.4, -0.2) is 30.2 Å². The van der Waals surface area contributed by atoms with Crippen LogP contribution in [0.1, 0.15) is 29.5 Å². The van der Waals surface area contributed by atoms with Crippen molar-refractivity contribution in [3.05, 3.63) is 53.0 Å². The fourth-order valence-electron chi connectivity index (χ4n) is 3.81. The molecule has 1 unspecified atom stereocenters. The number of rotatable bonds is 3. The van der Waals surface area contributed by atoms with Gasteiger partial charge in [-0.15, -0.1) is 11.3 Å². The number of fused-ring (bicyclic) bond motifs is 2. The molecule has 6 nitrogen and oxygen atoms in total. The van der Waals surface area contributed by atoms with E-state index in [1.165, 1.54) is 0 Å². The van der Waals surface area contributed by atoms with Crippen LogP contribution >= 0.6 is 11.3 Å². The predicted octanol–water partition coefficient (Wildman–Crippen LogP) is 3.32. The highest BCUT2D eigenvalue weighted by Crippen LogP contribution is 2.40. The lowest BCUT2D eigenvalue weighted by Gasteiger charge is -2.22. The molecule has 0 saturated carbocycles. The van der Waals surface area contributed by atoms with Crippen LogP contribution in [0.4, 0.5) is 5.69 Å². The normalized spacial score (nSPS) is 20.1. The fourth-order valence-corrected chi connectivity index (χ4v) is 6.70. The molecule has 0 spiro atoms. The Morgan fingerprint density at radius 3 is 2.89 bits per heavy atom. The minimum Gasteiger partial charge on any atom is -0.326 e. The maximum Gasteiger partial charge on any atom is 0.243 e. The summed E-state index contributed by atoms with van der Waals surface area (Å²) in [6.07, 6.45) is 1.80. The van der Waals surface area contributed by atoms with Crippen molar-refractivity contribution in [1.29, 1.82) is 0 Å². The predicted molar refractivity (Wildman–Crippen MR) is 104 cm³/mol. The van der Waals surface area contributed by atoms with Crippen LogP contribution in [0.2, 0.25) is 0 Å². The van der Waals surface area contributed by atoms with Gasteiger partial charge in [-0.05, 0) is 48.7 Å². The average Bonchev–Trinajstić information content (AvgIpc) is 3.36.